The predicted octanol–water partition coefficient (Wildman–Crippen LogP) is 0.832. The van der Waals surface area contributed by atoms with E-state index in [9.17, 15) is 24.6 Å². The topological polar surface area (TPSA) is 147 Å². The van der Waals surface area contributed by atoms with Crippen LogP contribution in [0.25, 0.3) is 0 Å². The summed E-state index contributed by atoms with van der Waals surface area (Å²) in [7, 11) is 0. The zero-order chi connectivity index (χ0) is 20.7. The van der Waals surface area contributed by atoms with Crippen molar-refractivity contribution in [2.24, 2.45) is 17.4 Å². The first-order valence-electron chi connectivity index (χ1n) is 9.61. The molecule has 1 fully saturated rings. The second-order valence-electron chi connectivity index (χ2n) is 7.28. The highest BCUT2D eigenvalue weighted by Crippen LogP contribution is 2.39. The van der Waals surface area contributed by atoms with Crippen molar-refractivity contribution in [3.8, 4) is 0 Å². The molecule has 0 aliphatic carbocycles. The molecule has 1 saturated heterocycles. The van der Waals surface area contributed by atoms with E-state index in [1.54, 1.807) is 0 Å². The number of rotatable bonds is 10. The number of carbonyl (C=O) groups is 3. The molecule has 28 heavy (non-hydrogen) atoms. The lowest BCUT2D eigenvalue weighted by Crippen LogP contribution is -2.62. The minimum atomic E-state index is -1.78. The Hall–Kier alpha value is -2.45. The van der Waals surface area contributed by atoms with Gasteiger partial charge in [-0.1, -0.05) is 30.3 Å². The molecule has 1 aromatic rings. The molecule has 1 aromatic carbocycles. The van der Waals surface area contributed by atoms with Crippen LogP contribution in [0, 0.1) is 5.92 Å². The van der Waals surface area contributed by atoms with Crippen molar-refractivity contribution >= 4 is 17.8 Å². The van der Waals surface area contributed by atoms with Gasteiger partial charge in [0.25, 0.3) is 0 Å². The molecule has 1 heterocycles. The largest absolute Gasteiger partial charge is 0.481 e. The van der Waals surface area contributed by atoms with Gasteiger partial charge in [0.15, 0.2) is 5.54 Å². The molecule has 0 unspecified atom stereocenters. The van der Waals surface area contributed by atoms with Crippen LogP contribution in [-0.2, 0) is 20.8 Å². The lowest BCUT2D eigenvalue weighted by Gasteiger charge is -2.40. The summed E-state index contributed by atoms with van der Waals surface area (Å²) in [5.74, 6) is -4.24. The van der Waals surface area contributed by atoms with E-state index in [0.29, 0.717) is 32.2 Å². The molecule has 0 aromatic heterocycles. The van der Waals surface area contributed by atoms with E-state index >= 15 is 0 Å². The quantitative estimate of drug-likeness (QED) is 0.462. The van der Waals surface area contributed by atoms with E-state index in [4.69, 9.17) is 11.5 Å². The van der Waals surface area contributed by atoms with Crippen LogP contribution in [-0.4, -0.2) is 57.6 Å². The Balaban J connectivity index is 2.30. The van der Waals surface area contributed by atoms with Gasteiger partial charge in [-0.15, -0.1) is 0 Å². The fourth-order valence-electron chi connectivity index (χ4n) is 4.07. The van der Waals surface area contributed by atoms with E-state index < -0.39 is 35.3 Å². The highest BCUT2D eigenvalue weighted by Gasteiger charge is 2.58. The minimum Gasteiger partial charge on any atom is -0.481 e. The smallest absolute Gasteiger partial charge is 0.330 e. The molecule has 8 nitrogen and oxygen atoms in total. The highest BCUT2D eigenvalue weighted by atomic mass is 16.4. The van der Waals surface area contributed by atoms with Crippen molar-refractivity contribution in [3.05, 3.63) is 35.9 Å². The van der Waals surface area contributed by atoms with Gasteiger partial charge in [-0.05, 0) is 50.6 Å². The number of benzene rings is 1. The number of nitrogens with two attached hydrogens (primary N) is 2. The van der Waals surface area contributed by atoms with E-state index in [0.717, 1.165) is 5.56 Å². The SMILES string of the molecule is NCCC[C@H](N)C(=O)N1CCC[C@]1(C(=O)O)[C@H](CCc1ccccc1)C(=O)O. The van der Waals surface area contributed by atoms with Gasteiger partial charge in [-0.2, -0.15) is 0 Å². The van der Waals surface area contributed by atoms with Gasteiger partial charge in [0, 0.05) is 6.54 Å². The van der Waals surface area contributed by atoms with Crippen molar-refractivity contribution in [2.75, 3.05) is 13.1 Å². The first-order valence-corrected chi connectivity index (χ1v) is 9.61. The molecule has 1 aliphatic rings. The summed E-state index contributed by atoms with van der Waals surface area (Å²) in [5.41, 5.74) is 10.6. The Kier molecular flexibility index (Phi) is 7.53. The van der Waals surface area contributed by atoms with Crippen molar-refractivity contribution < 1.29 is 24.6 Å². The summed E-state index contributed by atoms with van der Waals surface area (Å²) in [6.07, 6.45) is 1.93. The standard InChI is InChI=1S/C20H29N3O5/c21-12-4-8-16(22)17(24)23-13-5-11-20(23,19(27)28)15(18(25)26)10-9-14-6-2-1-3-7-14/h1-3,6-7,15-16H,4-5,8-13,21-22H2,(H,25,26)(H,27,28)/t15-,16+,20-/m1/s1. The van der Waals surface area contributed by atoms with E-state index in [1.807, 2.05) is 30.3 Å². The number of carboxylic acids is 2. The lowest BCUT2D eigenvalue weighted by molar-refractivity contribution is -0.168. The summed E-state index contributed by atoms with van der Waals surface area (Å²) in [4.78, 5) is 38.5. The number of aliphatic carboxylic acids is 2. The monoisotopic (exact) mass is 391 g/mol. The molecule has 1 aliphatic heterocycles. The van der Waals surface area contributed by atoms with Crippen LogP contribution < -0.4 is 11.5 Å². The summed E-state index contributed by atoms with van der Waals surface area (Å²) in [6, 6.07) is 8.40. The fraction of sp³-hybridized carbons (Fsp3) is 0.550. The van der Waals surface area contributed by atoms with Gasteiger partial charge in [-0.25, -0.2) is 4.79 Å². The Morgan fingerprint density at radius 3 is 2.39 bits per heavy atom. The van der Waals surface area contributed by atoms with Gasteiger partial charge in [0.1, 0.15) is 0 Å². The normalized spacial score (nSPS) is 21.3. The van der Waals surface area contributed by atoms with Gasteiger partial charge >= 0.3 is 11.9 Å². The number of hydrogen-bond acceptors (Lipinski definition) is 5. The van der Waals surface area contributed by atoms with Crippen LogP contribution in [0.3, 0.4) is 0 Å². The van der Waals surface area contributed by atoms with Crippen LogP contribution in [0.4, 0.5) is 0 Å². The van der Waals surface area contributed by atoms with E-state index in [2.05, 4.69) is 0 Å². The molecule has 6 N–H and O–H groups in total. The Labute approximate surface area is 164 Å². The maximum Gasteiger partial charge on any atom is 0.330 e. The first kappa shape index (κ1) is 21.8. The number of carbonyl (C=O) groups excluding carboxylic acids is 1. The number of nitrogens with zero attached hydrogens (tertiary/aromatic N) is 1. The molecule has 0 saturated carbocycles. The Bertz CT molecular complexity index is 696. The third kappa shape index (κ3) is 4.51. The van der Waals surface area contributed by atoms with E-state index in [1.165, 1.54) is 4.90 Å². The van der Waals surface area contributed by atoms with Gasteiger partial charge in [0.2, 0.25) is 5.91 Å². The zero-order valence-electron chi connectivity index (χ0n) is 15.9. The van der Waals surface area contributed by atoms with Crippen molar-refractivity contribution in [2.45, 2.75) is 50.1 Å². The van der Waals surface area contributed by atoms with Crippen LogP contribution in [0.1, 0.15) is 37.7 Å². The van der Waals surface area contributed by atoms with E-state index in [-0.39, 0.29) is 19.4 Å². The third-order valence-electron chi connectivity index (χ3n) is 5.53. The van der Waals surface area contributed by atoms with Crippen molar-refractivity contribution in [1.29, 1.82) is 0 Å². The number of hydrogen-bond donors (Lipinski definition) is 4. The molecule has 8 heteroatoms. The molecular formula is C20H29N3O5. The van der Waals surface area contributed by atoms with Gasteiger partial charge in [-0.3, -0.25) is 9.59 Å². The third-order valence-corrected chi connectivity index (χ3v) is 5.53. The molecule has 0 spiro atoms. The average Bonchev–Trinajstić information content (AvgIpc) is 3.12. The average molecular weight is 391 g/mol. The van der Waals surface area contributed by atoms with Crippen LogP contribution >= 0.6 is 0 Å². The molecular weight excluding hydrogens is 362 g/mol. The molecule has 154 valence electrons. The molecule has 1 amide bonds. The highest BCUT2D eigenvalue weighted by molar-refractivity contribution is 5.94. The summed E-state index contributed by atoms with van der Waals surface area (Å²) in [6.45, 7) is 0.566. The minimum absolute atomic E-state index is 0.101. The number of likely N-dealkylation sites (tertiary alicyclic amines) is 1. The number of aryl methyl sites for hydroxylation is 1. The number of amides is 1. The van der Waals surface area contributed by atoms with Gasteiger partial charge in [0.05, 0.1) is 12.0 Å². The second-order valence-corrected chi connectivity index (χ2v) is 7.28. The summed E-state index contributed by atoms with van der Waals surface area (Å²) in [5, 5.41) is 19.9. The molecule has 0 bridgehead atoms. The van der Waals surface area contributed by atoms with Crippen LogP contribution in [0.5, 0.6) is 0 Å². The summed E-state index contributed by atoms with van der Waals surface area (Å²) >= 11 is 0. The number of carboxylic acid groups (broad SMARTS) is 2. The second kappa shape index (κ2) is 9.66. The van der Waals surface area contributed by atoms with Crippen molar-refractivity contribution in [1.82, 2.24) is 4.90 Å². The van der Waals surface area contributed by atoms with Gasteiger partial charge < -0.3 is 26.6 Å². The zero-order valence-corrected chi connectivity index (χ0v) is 15.9. The predicted molar refractivity (Wildman–Crippen MR) is 103 cm³/mol. The molecule has 0 radical (unpaired) electrons. The maximum absolute atomic E-state index is 12.9. The Morgan fingerprint density at radius 1 is 1.14 bits per heavy atom. The first-order chi connectivity index (χ1) is 13.3. The fourth-order valence-corrected chi connectivity index (χ4v) is 4.07. The van der Waals surface area contributed by atoms with Crippen LogP contribution in [0.15, 0.2) is 30.3 Å². The van der Waals surface area contributed by atoms with Crippen molar-refractivity contribution in [3.63, 3.8) is 0 Å². The summed E-state index contributed by atoms with van der Waals surface area (Å²) < 4.78 is 0. The molecule has 3 atom stereocenters. The Morgan fingerprint density at radius 2 is 1.82 bits per heavy atom. The van der Waals surface area contributed by atoms with Crippen LogP contribution in [0.2, 0.25) is 0 Å². The molecule has 2 rings (SSSR count). The lowest BCUT2D eigenvalue weighted by atomic mass is 9.77. The maximum atomic E-state index is 12.9.